The number of alkyl halides is 3. The van der Waals surface area contributed by atoms with Gasteiger partial charge < -0.3 is 19.7 Å². The van der Waals surface area contributed by atoms with Gasteiger partial charge in [-0.3, -0.25) is 4.79 Å². The summed E-state index contributed by atoms with van der Waals surface area (Å²) < 4.78 is 47.5. The molecular weight excluding hydrogens is 599 g/mol. The predicted octanol–water partition coefficient (Wildman–Crippen LogP) is 7.14. The van der Waals surface area contributed by atoms with Crippen LogP contribution >= 0.6 is 11.6 Å². The Kier molecular flexibility index (Phi) is 11.6. The summed E-state index contributed by atoms with van der Waals surface area (Å²) in [5.74, 6) is 0.340. The van der Waals surface area contributed by atoms with Crippen molar-refractivity contribution in [1.82, 2.24) is 15.0 Å². The molecule has 4 aromatic rings. The van der Waals surface area contributed by atoms with E-state index >= 15 is 0 Å². The maximum absolute atomic E-state index is 12.4. The third-order valence-electron chi connectivity index (χ3n) is 5.85. The van der Waals surface area contributed by atoms with Crippen LogP contribution in [-0.4, -0.2) is 54.6 Å². The molecular formula is C31H27ClF3N5O4. The van der Waals surface area contributed by atoms with E-state index in [-0.39, 0.29) is 22.9 Å². The van der Waals surface area contributed by atoms with Crippen LogP contribution in [0.4, 0.5) is 24.7 Å². The fourth-order valence-electron chi connectivity index (χ4n) is 3.47. The zero-order chi connectivity index (χ0) is 32.3. The normalized spacial score (nSPS) is 11.0. The summed E-state index contributed by atoms with van der Waals surface area (Å²) in [5.41, 5.74) is 1.46. The number of anilines is 2. The van der Waals surface area contributed by atoms with Gasteiger partial charge in [0, 0.05) is 61.8 Å². The molecule has 0 unspecified atom stereocenters. The van der Waals surface area contributed by atoms with Crippen LogP contribution in [0.15, 0.2) is 103 Å². The van der Waals surface area contributed by atoms with Gasteiger partial charge in [0.05, 0.1) is 23.3 Å². The van der Waals surface area contributed by atoms with E-state index in [1.807, 2.05) is 31.3 Å². The van der Waals surface area contributed by atoms with Crippen molar-refractivity contribution in [2.45, 2.75) is 6.18 Å². The molecule has 0 saturated heterocycles. The van der Waals surface area contributed by atoms with Crippen molar-refractivity contribution >= 4 is 35.4 Å². The summed E-state index contributed by atoms with van der Waals surface area (Å²) in [6.07, 6.45) is 1.40. The number of ether oxygens (including phenoxy) is 2. The summed E-state index contributed by atoms with van der Waals surface area (Å²) in [6, 6.07) is 17.7. The molecule has 0 aliphatic carbocycles. The minimum Gasteiger partial charge on any atom is -0.465 e. The van der Waals surface area contributed by atoms with Crippen molar-refractivity contribution in [3.8, 4) is 22.9 Å². The second-order valence-corrected chi connectivity index (χ2v) is 9.20. The highest BCUT2D eigenvalue weighted by molar-refractivity contribution is 6.33. The first-order valence-corrected chi connectivity index (χ1v) is 13.1. The molecule has 2 heterocycles. The minimum absolute atomic E-state index is 0.120. The quantitative estimate of drug-likeness (QED) is 0.0899. The molecule has 4 rings (SSSR count). The SMILES string of the molecule is C=C(/C(C=O)=C\N(C)c1ccccn1)C(F)(F)F.CNc1ccc(-c2cnc(Oc3ccc(C(=O)OC)c(Cl)c3)nc2)cc1. The highest BCUT2D eigenvalue weighted by atomic mass is 35.5. The number of rotatable bonds is 9. The lowest BCUT2D eigenvalue weighted by atomic mass is 10.1. The number of aromatic nitrogens is 3. The first kappa shape index (κ1) is 33.3. The smallest absolute Gasteiger partial charge is 0.416 e. The number of nitrogens with one attached hydrogen (secondary N) is 1. The monoisotopic (exact) mass is 625 g/mol. The van der Waals surface area contributed by atoms with Gasteiger partial charge in [0.15, 0.2) is 6.29 Å². The number of hydrogen-bond donors (Lipinski definition) is 1. The average Bonchev–Trinajstić information content (AvgIpc) is 3.03. The van der Waals surface area contributed by atoms with Crippen LogP contribution in [0.25, 0.3) is 11.1 Å². The van der Waals surface area contributed by atoms with E-state index in [1.165, 1.54) is 37.4 Å². The first-order valence-electron chi connectivity index (χ1n) is 12.7. The Morgan fingerprint density at radius 2 is 1.70 bits per heavy atom. The van der Waals surface area contributed by atoms with Crippen LogP contribution in [-0.2, 0) is 9.53 Å². The second kappa shape index (κ2) is 15.3. The maximum Gasteiger partial charge on any atom is 0.416 e. The van der Waals surface area contributed by atoms with Gasteiger partial charge in [-0.1, -0.05) is 36.4 Å². The molecule has 2 aromatic heterocycles. The molecule has 2 aromatic carbocycles. The van der Waals surface area contributed by atoms with Gasteiger partial charge in [0.1, 0.15) is 11.6 Å². The lowest BCUT2D eigenvalue weighted by Crippen LogP contribution is -2.17. The second-order valence-electron chi connectivity index (χ2n) is 8.79. The summed E-state index contributed by atoms with van der Waals surface area (Å²) in [6.45, 7) is 2.87. The lowest BCUT2D eigenvalue weighted by molar-refractivity contribution is -0.108. The third kappa shape index (κ3) is 9.13. The number of esters is 1. The first-order chi connectivity index (χ1) is 21.0. The molecule has 44 heavy (non-hydrogen) atoms. The van der Waals surface area contributed by atoms with Gasteiger partial charge in [-0.15, -0.1) is 0 Å². The number of pyridine rings is 1. The van der Waals surface area contributed by atoms with Gasteiger partial charge in [0.25, 0.3) is 0 Å². The standard InChI is InChI=1S/C19H16ClN3O3.C12H11F3N2O/c1-21-14-5-3-12(4-6-14)13-10-22-19(23-11-13)26-15-7-8-16(17(20)9-15)18(24)25-2;1-9(12(13,14)15)10(8-18)7-17(2)11-5-3-4-6-16-11/h3-11,21H,1-2H3;3-8H,1H2,2H3/b;10-7-. The number of aldehydes is 1. The van der Waals surface area contributed by atoms with Gasteiger partial charge >= 0.3 is 18.2 Å². The maximum atomic E-state index is 12.4. The van der Waals surface area contributed by atoms with Crippen molar-refractivity contribution in [3.05, 3.63) is 114 Å². The molecule has 228 valence electrons. The number of allylic oxidation sites excluding steroid dienone is 2. The molecule has 0 saturated carbocycles. The van der Waals surface area contributed by atoms with Gasteiger partial charge in [-0.25, -0.2) is 19.7 Å². The molecule has 0 aliphatic rings. The topological polar surface area (TPSA) is 107 Å². The molecule has 0 atom stereocenters. The molecule has 0 amide bonds. The molecule has 0 radical (unpaired) electrons. The summed E-state index contributed by atoms with van der Waals surface area (Å²) in [5, 5.41) is 3.30. The summed E-state index contributed by atoms with van der Waals surface area (Å²) >= 11 is 6.07. The fraction of sp³-hybridized carbons (Fsp3) is 0.129. The number of halogens is 4. The Balaban J connectivity index is 0.000000259. The van der Waals surface area contributed by atoms with Crippen LogP contribution in [0.1, 0.15) is 10.4 Å². The zero-order valence-corrected chi connectivity index (χ0v) is 24.6. The zero-order valence-electron chi connectivity index (χ0n) is 23.8. The van der Waals surface area contributed by atoms with Crippen LogP contribution in [0.2, 0.25) is 5.02 Å². The Labute approximate surface area is 256 Å². The van der Waals surface area contributed by atoms with Crippen molar-refractivity contribution < 1.29 is 32.2 Å². The van der Waals surface area contributed by atoms with Crippen LogP contribution in [0, 0.1) is 0 Å². The Hall–Kier alpha value is -5.23. The number of hydrogen-bond acceptors (Lipinski definition) is 9. The largest absolute Gasteiger partial charge is 0.465 e. The van der Waals surface area contributed by atoms with Gasteiger partial charge in [0.2, 0.25) is 0 Å². The van der Waals surface area contributed by atoms with E-state index in [1.54, 1.807) is 36.7 Å². The predicted molar refractivity (Wildman–Crippen MR) is 162 cm³/mol. The van der Waals surface area contributed by atoms with E-state index in [9.17, 15) is 22.8 Å². The van der Waals surface area contributed by atoms with Crippen LogP contribution in [0.3, 0.4) is 0 Å². The summed E-state index contributed by atoms with van der Waals surface area (Å²) in [4.78, 5) is 35.9. The molecule has 0 fully saturated rings. The van der Waals surface area contributed by atoms with E-state index in [0.717, 1.165) is 23.0 Å². The van der Waals surface area contributed by atoms with E-state index in [2.05, 4.69) is 31.6 Å². The minimum atomic E-state index is -4.63. The highest BCUT2D eigenvalue weighted by Gasteiger charge is 2.34. The lowest BCUT2D eigenvalue weighted by Gasteiger charge is -2.15. The number of carbonyl (C=O) groups excluding carboxylic acids is 2. The van der Waals surface area contributed by atoms with Gasteiger partial charge in [-0.05, 0) is 42.0 Å². The van der Waals surface area contributed by atoms with E-state index in [4.69, 9.17) is 16.3 Å². The average molecular weight is 626 g/mol. The van der Waals surface area contributed by atoms with Crippen molar-refractivity contribution in [2.24, 2.45) is 0 Å². The number of carbonyl (C=O) groups is 2. The molecule has 0 aliphatic heterocycles. The number of nitrogens with zero attached hydrogens (tertiary/aromatic N) is 4. The van der Waals surface area contributed by atoms with Gasteiger partial charge in [-0.2, -0.15) is 13.2 Å². The van der Waals surface area contributed by atoms with Crippen molar-refractivity contribution in [3.63, 3.8) is 0 Å². The Morgan fingerprint density at radius 3 is 2.23 bits per heavy atom. The van der Waals surface area contributed by atoms with E-state index in [0.29, 0.717) is 11.6 Å². The Morgan fingerprint density at radius 1 is 1.02 bits per heavy atom. The summed E-state index contributed by atoms with van der Waals surface area (Å²) in [7, 11) is 4.66. The highest BCUT2D eigenvalue weighted by Crippen LogP contribution is 2.29. The fourth-order valence-corrected chi connectivity index (χ4v) is 3.72. The molecule has 13 heteroatoms. The van der Waals surface area contributed by atoms with Crippen molar-refractivity contribution in [2.75, 3.05) is 31.4 Å². The van der Waals surface area contributed by atoms with Crippen molar-refractivity contribution in [1.29, 1.82) is 0 Å². The molecule has 0 bridgehead atoms. The van der Waals surface area contributed by atoms with Crippen LogP contribution < -0.4 is 15.0 Å². The molecule has 0 spiro atoms. The van der Waals surface area contributed by atoms with Crippen LogP contribution in [0.5, 0.6) is 11.8 Å². The molecule has 9 nitrogen and oxygen atoms in total. The number of benzene rings is 2. The third-order valence-corrected chi connectivity index (χ3v) is 6.16. The Bertz CT molecular complexity index is 1610. The number of methoxy groups -OCH3 is 1. The molecule has 1 N–H and O–H groups in total. The van der Waals surface area contributed by atoms with E-state index < -0.39 is 23.3 Å².